The highest BCUT2D eigenvalue weighted by atomic mass is 19.1. The Morgan fingerprint density at radius 2 is 1.67 bits per heavy atom. The molecule has 1 aromatic heterocycles. The van der Waals surface area contributed by atoms with Crippen molar-refractivity contribution in [1.29, 1.82) is 0 Å². The molecule has 2 nitrogen and oxygen atoms in total. The van der Waals surface area contributed by atoms with E-state index in [0.29, 0.717) is 11.5 Å². The van der Waals surface area contributed by atoms with Gasteiger partial charge < -0.3 is 0 Å². The van der Waals surface area contributed by atoms with Gasteiger partial charge in [-0.2, -0.15) is 4.39 Å². The van der Waals surface area contributed by atoms with Crippen molar-refractivity contribution in [1.82, 2.24) is 9.97 Å². The lowest BCUT2D eigenvalue weighted by Gasteiger charge is -2.27. The fourth-order valence-corrected chi connectivity index (χ4v) is 3.88. The summed E-state index contributed by atoms with van der Waals surface area (Å²) in [5.41, 5.74) is 0.682. The van der Waals surface area contributed by atoms with Crippen molar-refractivity contribution in [3.8, 4) is 0 Å². The highest BCUT2D eigenvalue weighted by molar-refractivity contribution is 5.10. The Balaban J connectivity index is 1.74. The molecule has 0 bridgehead atoms. The Hall–Kier alpha value is -0.990. The fraction of sp³-hybridized carbons (Fsp3) is 0.810. The molecule has 1 aliphatic carbocycles. The third-order valence-electron chi connectivity index (χ3n) is 5.56. The highest BCUT2D eigenvalue weighted by Crippen LogP contribution is 2.36. The van der Waals surface area contributed by atoms with Crippen LogP contribution in [0, 0.1) is 11.9 Å². The standard InChI is InChI=1S/C21H35FN2/c1-3-5-7-8-9-10-17-12-14-18(15-13-17)21-23-16-19(11-6-4-2)20(22)24-21/h16-18H,3-15H2,1-2H3. The van der Waals surface area contributed by atoms with Crippen molar-refractivity contribution in [2.75, 3.05) is 0 Å². The van der Waals surface area contributed by atoms with Crippen LogP contribution in [0.2, 0.25) is 0 Å². The highest BCUT2D eigenvalue weighted by Gasteiger charge is 2.24. The van der Waals surface area contributed by atoms with Crippen LogP contribution in [0.5, 0.6) is 0 Å². The zero-order valence-electron chi connectivity index (χ0n) is 15.7. The third-order valence-corrected chi connectivity index (χ3v) is 5.56. The average Bonchev–Trinajstić information content (AvgIpc) is 2.61. The molecular formula is C21H35FN2. The van der Waals surface area contributed by atoms with Crippen molar-refractivity contribution in [2.24, 2.45) is 5.92 Å². The molecule has 0 radical (unpaired) electrons. The zero-order chi connectivity index (χ0) is 17.2. The molecule has 0 aliphatic heterocycles. The largest absolute Gasteiger partial charge is 0.241 e. The molecule has 3 heteroatoms. The van der Waals surface area contributed by atoms with E-state index in [1.165, 1.54) is 51.4 Å². The molecule has 2 rings (SSSR count). The van der Waals surface area contributed by atoms with E-state index in [4.69, 9.17) is 0 Å². The van der Waals surface area contributed by atoms with Crippen LogP contribution >= 0.6 is 0 Å². The summed E-state index contributed by atoms with van der Waals surface area (Å²) >= 11 is 0. The van der Waals surface area contributed by atoms with Gasteiger partial charge in [0.05, 0.1) is 0 Å². The average molecular weight is 335 g/mol. The molecule has 0 amide bonds. The topological polar surface area (TPSA) is 25.8 Å². The first-order valence-corrected chi connectivity index (χ1v) is 10.3. The van der Waals surface area contributed by atoms with Crippen LogP contribution in [-0.4, -0.2) is 9.97 Å². The first kappa shape index (κ1) is 19.3. The molecule has 1 heterocycles. The van der Waals surface area contributed by atoms with Gasteiger partial charge in [-0.1, -0.05) is 58.8 Å². The van der Waals surface area contributed by atoms with E-state index < -0.39 is 0 Å². The smallest absolute Gasteiger partial charge is 0.219 e. The number of aromatic nitrogens is 2. The summed E-state index contributed by atoms with van der Waals surface area (Å²) in [5, 5.41) is 0. The van der Waals surface area contributed by atoms with Gasteiger partial charge in [-0.3, -0.25) is 0 Å². The first-order chi connectivity index (χ1) is 11.7. The number of aryl methyl sites for hydroxylation is 1. The van der Waals surface area contributed by atoms with Crippen molar-refractivity contribution < 1.29 is 4.39 Å². The fourth-order valence-electron chi connectivity index (χ4n) is 3.88. The van der Waals surface area contributed by atoms with Gasteiger partial charge in [0, 0.05) is 17.7 Å². The maximum atomic E-state index is 14.1. The molecule has 1 aromatic rings. The van der Waals surface area contributed by atoms with Crippen molar-refractivity contribution >= 4 is 0 Å². The SMILES string of the molecule is CCCCCCCC1CCC(c2ncc(CCCC)c(F)n2)CC1. The van der Waals surface area contributed by atoms with E-state index in [9.17, 15) is 4.39 Å². The van der Waals surface area contributed by atoms with E-state index in [1.807, 2.05) is 0 Å². The molecule has 0 atom stereocenters. The Kier molecular flexibility index (Phi) is 8.69. The van der Waals surface area contributed by atoms with E-state index in [2.05, 4.69) is 23.8 Å². The lowest BCUT2D eigenvalue weighted by atomic mass is 9.79. The molecule has 0 aromatic carbocycles. The monoisotopic (exact) mass is 334 g/mol. The van der Waals surface area contributed by atoms with Gasteiger partial charge in [-0.15, -0.1) is 0 Å². The lowest BCUT2D eigenvalue weighted by molar-refractivity contribution is 0.294. The summed E-state index contributed by atoms with van der Waals surface area (Å²) in [5.74, 6) is 1.70. The van der Waals surface area contributed by atoms with Crippen LogP contribution in [0.3, 0.4) is 0 Å². The Morgan fingerprint density at radius 3 is 2.33 bits per heavy atom. The van der Waals surface area contributed by atoms with Gasteiger partial charge >= 0.3 is 0 Å². The molecule has 136 valence electrons. The second kappa shape index (κ2) is 10.8. The van der Waals surface area contributed by atoms with Gasteiger partial charge in [0.25, 0.3) is 0 Å². The minimum Gasteiger partial charge on any atom is -0.241 e. The summed E-state index contributed by atoms with van der Waals surface area (Å²) in [4.78, 5) is 8.68. The first-order valence-electron chi connectivity index (χ1n) is 10.3. The molecule has 1 fully saturated rings. The molecule has 0 saturated heterocycles. The van der Waals surface area contributed by atoms with Gasteiger partial charge in [0.2, 0.25) is 5.95 Å². The van der Waals surface area contributed by atoms with Crippen LogP contribution in [0.15, 0.2) is 6.20 Å². The minimum atomic E-state index is -0.286. The molecule has 0 unspecified atom stereocenters. The third kappa shape index (κ3) is 6.14. The van der Waals surface area contributed by atoms with E-state index >= 15 is 0 Å². The second-order valence-electron chi connectivity index (χ2n) is 7.57. The number of unbranched alkanes of at least 4 members (excludes halogenated alkanes) is 5. The maximum absolute atomic E-state index is 14.1. The Morgan fingerprint density at radius 1 is 0.958 bits per heavy atom. The molecule has 24 heavy (non-hydrogen) atoms. The van der Waals surface area contributed by atoms with Crippen LogP contribution in [-0.2, 0) is 6.42 Å². The van der Waals surface area contributed by atoms with Gasteiger partial charge in [0.15, 0.2) is 0 Å². The number of nitrogens with zero attached hydrogens (tertiary/aromatic N) is 2. The van der Waals surface area contributed by atoms with Gasteiger partial charge in [0.1, 0.15) is 5.82 Å². The Labute approximate surface area is 147 Å². The van der Waals surface area contributed by atoms with E-state index in [0.717, 1.165) is 43.8 Å². The molecule has 1 saturated carbocycles. The van der Waals surface area contributed by atoms with Crippen LogP contribution in [0.1, 0.15) is 108 Å². The Bertz CT molecular complexity index is 467. The van der Waals surface area contributed by atoms with Crippen molar-refractivity contribution in [3.63, 3.8) is 0 Å². The summed E-state index contributed by atoms with van der Waals surface area (Å²) in [6.45, 7) is 4.39. The molecule has 0 spiro atoms. The van der Waals surface area contributed by atoms with Crippen molar-refractivity contribution in [3.05, 3.63) is 23.5 Å². The quantitative estimate of drug-likeness (QED) is 0.356. The summed E-state index contributed by atoms with van der Waals surface area (Å²) in [6, 6.07) is 0. The predicted molar refractivity (Wildman–Crippen MR) is 98.7 cm³/mol. The number of halogens is 1. The number of hydrogen-bond donors (Lipinski definition) is 0. The lowest BCUT2D eigenvalue weighted by Crippen LogP contribution is -2.16. The zero-order valence-corrected chi connectivity index (χ0v) is 15.7. The molecule has 1 aliphatic rings. The molecular weight excluding hydrogens is 299 g/mol. The van der Waals surface area contributed by atoms with Crippen LogP contribution in [0.4, 0.5) is 4.39 Å². The minimum absolute atomic E-state index is 0.286. The summed E-state index contributed by atoms with van der Waals surface area (Å²) in [7, 11) is 0. The predicted octanol–water partition coefficient (Wildman–Crippen LogP) is 6.59. The van der Waals surface area contributed by atoms with Crippen molar-refractivity contribution in [2.45, 2.75) is 103 Å². The maximum Gasteiger partial charge on any atom is 0.219 e. The van der Waals surface area contributed by atoms with E-state index in [1.54, 1.807) is 6.20 Å². The van der Waals surface area contributed by atoms with Gasteiger partial charge in [-0.05, 0) is 44.4 Å². The summed E-state index contributed by atoms with van der Waals surface area (Å²) in [6.07, 6.45) is 17.6. The normalized spacial score (nSPS) is 21.1. The summed E-state index contributed by atoms with van der Waals surface area (Å²) < 4.78 is 14.1. The van der Waals surface area contributed by atoms with Crippen LogP contribution in [0.25, 0.3) is 0 Å². The van der Waals surface area contributed by atoms with Crippen LogP contribution < -0.4 is 0 Å². The van der Waals surface area contributed by atoms with E-state index in [-0.39, 0.29) is 5.95 Å². The van der Waals surface area contributed by atoms with Gasteiger partial charge in [-0.25, -0.2) is 9.97 Å². The number of rotatable bonds is 10. The molecule has 0 N–H and O–H groups in total. The second-order valence-corrected chi connectivity index (χ2v) is 7.57. The number of hydrogen-bond acceptors (Lipinski definition) is 2.